The van der Waals surface area contributed by atoms with E-state index in [9.17, 15) is 4.79 Å². The largest absolute Gasteiger partial charge is 0.345 e. The predicted octanol–water partition coefficient (Wildman–Crippen LogP) is 3.37. The zero-order valence-electron chi connectivity index (χ0n) is 11.1. The van der Waals surface area contributed by atoms with Crippen molar-refractivity contribution in [2.45, 2.75) is 33.6 Å². The molecule has 1 amide bonds. The van der Waals surface area contributed by atoms with Gasteiger partial charge in [-0.1, -0.05) is 39.3 Å². The third kappa shape index (κ3) is 4.96. The smallest absolute Gasteiger partial charge is 0.253 e. The molecule has 2 nitrogen and oxygen atoms in total. The van der Waals surface area contributed by atoms with E-state index in [-0.39, 0.29) is 5.91 Å². The molecule has 2 heteroatoms. The highest BCUT2D eigenvalue weighted by molar-refractivity contribution is 5.93. The van der Waals surface area contributed by atoms with Crippen molar-refractivity contribution < 1.29 is 4.79 Å². The number of benzene rings is 1. The van der Waals surface area contributed by atoms with Crippen LogP contribution < -0.4 is 0 Å². The van der Waals surface area contributed by atoms with Gasteiger partial charge >= 0.3 is 0 Å². The summed E-state index contributed by atoms with van der Waals surface area (Å²) in [5.41, 5.74) is 2.01. The lowest BCUT2D eigenvalue weighted by Crippen LogP contribution is -2.21. The Bertz CT molecular complexity index is 301. The molecule has 0 atom stereocenters. The first-order chi connectivity index (χ1) is 7.56. The number of aryl methyl sites for hydroxylation is 1. The van der Waals surface area contributed by atoms with Crippen molar-refractivity contribution in [2.24, 2.45) is 0 Å². The molecule has 0 unspecified atom stereocenters. The highest BCUT2D eigenvalue weighted by Gasteiger charge is 2.06. The maximum Gasteiger partial charge on any atom is 0.253 e. The molecule has 1 rings (SSSR count). The zero-order valence-corrected chi connectivity index (χ0v) is 11.1. The quantitative estimate of drug-likeness (QED) is 0.750. The Hall–Kier alpha value is -1.31. The maximum absolute atomic E-state index is 11.5. The number of carbonyl (C=O) groups excluding carboxylic acids is 1. The molecule has 0 fully saturated rings. The molecule has 0 radical (unpaired) electrons. The average Bonchev–Trinajstić information content (AvgIpc) is 2.29. The molecule has 0 N–H and O–H groups in total. The molecule has 0 aliphatic carbocycles. The minimum absolute atomic E-state index is 0.0580. The van der Waals surface area contributed by atoms with Crippen LogP contribution in [-0.2, 0) is 6.42 Å². The fourth-order valence-corrected chi connectivity index (χ4v) is 1.14. The summed E-state index contributed by atoms with van der Waals surface area (Å²) in [4.78, 5) is 13.1. The van der Waals surface area contributed by atoms with E-state index >= 15 is 0 Å². The summed E-state index contributed by atoms with van der Waals surface area (Å²) in [7, 11) is 3.52. The van der Waals surface area contributed by atoms with Gasteiger partial charge in [-0.05, 0) is 24.1 Å². The highest BCUT2D eigenvalue weighted by atomic mass is 16.2. The van der Waals surface area contributed by atoms with Crippen LogP contribution in [0.15, 0.2) is 24.3 Å². The van der Waals surface area contributed by atoms with E-state index in [4.69, 9.17) is 0 Å². The number of nitrogens with zero attached hydrogens (tertiary/aromatic N) is 1. The number of rotatable bonds is 2. The summed E-state index contributed by atoms with van der Waals surface area (Å²) >= 11 is 0. The Balaban J connectivity index is 0.000000673. The fourth-order valence-electron chi connectivity index (χ4n) is 1.14. The highest BCUT2D eigenvalue weighted by Crippen LogP contribution is 2.06. The molecule has 90 valence electrons. The molecule has 0 aliphatic heterocycles. The molecule has 1 aromatic carbocycles. The van der Waals surface area contributed by atoms with Crippen LogP contribution in [0.2, 0.25) is 0 Å². The Labute approximate surface area is 99.3 Å². The van der Waals surface area contributed by atoms with Gasteiger partial charge in [0, 0.05) is 19.7 Å². The molecule has 0 heterocycles. The molecule has 16 heavy (non-hydrogen) atoms. The molecule has 0 aliphatic rings. The Morgan fingerprint density at radius 3 is 1.81 bits per heavy atom. The number of hydrogen-bond donors (Lipinski definition) is 0. The molecular formula is C14H23NO. The summed E-state index contributed by atoms with van der Waals surface area (Å²) in [5, 5.41) is 0. The van der Waals surface area contributed by atoms with E-state index in [1.807, 2.05) is 24.3 Å². The maximum atomic E-state index is 11.5. The van der Waals surface area contributed by atoms with Crippen LogP contribution in [0.1, 0.15) is 43.1 Å². The number of hydrogen-bond acceptors (Lipinski definition) is 1. The Kier molecular flexibility index (Phi) is 7.27. The average molecular weight is 221 g/mol. The van der Waals surface area contributed by atoms with Gasteiger partial charge in [-0.25, -0.2) is 0 Å². The van der Waals surface area contributed by atoms with Gasteiger partial charge in [0.1, 0.15) is 0 Å². The van der Waals surface area contributed by atoms with Gasteiger partial charge in [0.05, 0.1) is 0 Å². The Morgan fingerprint density at radius 2 is 1.50 bits per heavy atom. The van der Waals surface area contributed by atoms with Gasteiger partial charge in [0.2, 0.25) is 0 Å². The van der Waals surface area contributed by atoms with Crippen molar-refractivity contribution in [3.63, 3.8) is 0 Å². The van der Waals surface area contributed by atoms with Gasteiger partial charge in [-0.3, -0.25) is 4.79 Å². The summed E-state index contributed by atoms with van der Waals surface area (Å²) in [5.74, 6) is 0.0580. The summed E-state index contributed by atoms with van der Waals surface area (Å²) < 4.78 is 0. The lowest BCUT2D eigenvalue weighted by molar-refractivity contribution is 0.0827. The second-order valence-electron chi connectivity index (χ2n) is 3.96. The standard InChI is InChI=1S/C11H15NO.C3H8/c1-4-9-5-7-10(8-6-9)11(13)12(2)3;1-3-2/h5-8H,4H2,1-3H3;3H2,1-2H3. The van der Waals surface area contributed by atoms with E-state index in [1.54, 1.807) is 19.0 Å². The van der Waals surface area contributed by atoms with E-state index in [0.29, 0.717) is 0 Å². The molecule has 0 saturated heterocycles. The minimum atomic E-state index is 0.0580. The van der Waals surface area contributed by atoms with E-state index < -0.39 is 0 Å². The zero-order chi connectivity index (χ0) is 12.6. The molecule has 0 bridgehead atoms. The summed E-state index contributed by atoms with van der Waals surface area (Å²) in [6.45, 7) is 6.35. The molecule has 0 aromatic heterocycles. The van der Waals surface area contributed by atoms with Gasteiger partial charge in [-0.2, -0.15) is 0 Å². The van der Waals surface area contributed by atoms with Crippen LogP contribution in [0.4, 0.5) is 0 Å². The second kappa shape index (κ2) is 7.91. The van der Waals surface area contributed by atoms with E-state index in [1.165, 1.54) is 12.0 Å². The van der Waals surface area contributed by atoms with Gasteiger partial charge in [-0.15, -0.1) is 0 Å². The van der Waals surface area contributed by atoms with Crippen LogP contribution in [-0.4, -0.2) is 24.9 Å². The van der Waals surface area contributed by atoms with Crippen molar-refractivity contribution in [2.75, 3.05) is 14.1 Å². The molecular weight excluding hydrogens is 198 g/mol. The minimum Gasteiger partial charge on any atom is -0.345 e. The lowest BCUT2D eigenvalue weighted by atomic mass is 10.1. The predicted molar refractivity (Wildman–Crippen MR) is 69.8 cm³/mol. The van der Waals surface area contributed by atoms with Crippen molar-refractivity contribution in [3.05, 3.63) is 35.4 Å². The molecule has 0 saturated carbocycles. The van der Waals surface area contributed by atoms with Crippen molar-refractivity contribution in [3.8, 4) is 0 Å². The van der Waals surface area contributed by atoms with Gasteiger partial charge < -0.3 is 4.90 Å². The first-order valence-electron chi connectivity index (χ1n) is 5.87. The topological polar surface area (TPSA) is 20.3 Å². The first-order valence-corrected chi connectivity index (χ1v) is 5.87. The molecule has 1 aromatic rings. The molecule has 0 spiro atoms. The van der Waals surface area contributed by atoms with Crippen LogP contribution in [0.5, 0.6) is 0 Å². The lowest BCUT2D eigenvalue weighted by Gasteiger charge is -2.10. The number of carbonyl (C=O) groups is 1. The monoisotopic (exact) mass is 221 g/mol. The van der Waals surface area contributed by atoms with Crippen molar-refractivity contribution >= 4 is 5.91 Å². The normalized spacial score (nSPS) is 9.06. The van der Waals surface area contributed by atoms with Crippen LogP contribution in [0, 0.1) is 0 Å². The Morgan fingerprint density at radius 1 is 1.06 bits per heavy atom. The fraction of sp³-hybridized carbons (Fsp3) is 0.500. The van der Waals surface area contributed by atoms with Crippen LogP contribution >= 0.6 is 0 Å². The van der Waals surface area contributed by atoms with Crippen LogP contribution in [0.3, 0.4) is 0 Å². The van der Waals surface area contributed by atoms with Gasteiger partial charge in [0.25, 0.3) is 5.91 Å². The number of amides is 1. The van der Waals surface area contributed by atoms with Gasteiger partial charge in [0.15, 0.2) is 0 Å². The van der Waals surface area contributed by atoms with E-state index in [0.717, 1.165) is 12.0 Å². The SMILES string of the molecule is CCC.CCc1ccc(C(=O)N(C)C)cc1. The van der Waals surface area contributed by atoms with E-state index in [2.05, 4.69) is 20.8 Å². The first kappa shape index (κ1) is 14.7. The third-order valence-electron chi connectivity index (χ3n) is 2.02. The van der Waals surface area contributed by atoms with Crippen molar-refractivity contribution in [1.29, 1.82) is 0 Å². The van der Waals surface area contributed by atoms with Crippen molar-refractivity contribution in [1.82, 2.24) is 4.90 Å². The third-order valence-corrected chi connectivity index (χ3v) is 2.02. The summed E-state index contributed by atoms with van der Waals surface area (Å²) in [6.07, 6.45) is 2.26. The second-order valence-corrected chi connectivity index (χ2v) is 3.96. The summed E-state index contributed by atoms with van der Waals surface area (Å²) in [6, 6.07) is 7.75. The van der Waals surface area contributed by atoms with Crippen LogP contribution in [0.25, 0.3) is 0 Å².